The molecule has 1 saturated carbocycles. The van der Waals surface area contributed by atoms with Crippen LogP contribution < -0.4 is 10.1 Å². The van der Waals surface area contributed by atoms with E-state index in [1.165, 1.54) is 37.7 Å². The molecular formula is C38H39NO6. The van der Waals surface area contributed by atoms with Crippen molar-refractivity contribution in [1.82, 2.24) is 5.32 Å². The van der Waals surface area contributed by atoms with Gasteiger partial charge >= 0.3 is 12.1 Å². The minimum absolute atomic E-state index is 0.0528. The highest BCUT2D eigenvalue weighted by Crippen LogP contribution is 2.32. The van der Waals surface area contributed by atoms with Crippen LogP contribution in [0.25, 0.3) is 0 Å². The number of ketones is 1. The number of esters is 1. The first-order valence-corrected chi connectivity index (χ1v) is 15.6. The molecule has 1 aliphatic carbocycles. The van der Waals surface area contributed by atoms with Crippen LogP contribution >= 0.6 is 0 Å². The molecule has 1 N–H and O–H groups in total. The molecule has 7 heteroatoms. The van der Waals surface area contributed by atoms with Gasteiger partial charge in [-0.05, 0) is 53.1 Å². The van der Waals surface area contributed by atoms with E-state index in [-0.39, 0.29) is 18.8 Å². The number of hydrogen-bond acceptors (Lipinski definition) is 6. The molecule has 1 fully saturated rings. The lowest BCUT2D eigenvalue weighted by Crippen LogP contribution is -2.44. The Morgan fingerprint density at radius 3 is 1.93 bits per heavy atom. The molecule has 5 rings (SSSR count). The van der Waals surface area contributed by atoms with Crippen molar-refractivity contribution in [2.45, 2.75) is 63.7 Å². The van der Waals surface area contributed by atoms with Crippen LogP contribution in [0, 0.1) is 0 Å². The van der Waals surface area contributed by atoms with E-state index in [2.05, 4.69) is 5.32 Å². The molecule has 0 spiro atoms. The standard InChI is InChI=1S/C38H39NO6/c40-36(33-20-18-32(19-21-33)31-14-8-3-9-15-31)27-44-37(41)35(39-38(42)45-26-30-12-6-2-7-13-30)24-28-16-22-34(23-17-28)43-25-29-10-4-1-5-11-29/h1-2,4-7,10-13,16-23,31,35H,3,8-9,14-15,24-27H2,(H,39,42)/t35-/m0/s1. The number of carbonyl (C=O) groups is 3. The Hall–Kier alpha value is -4.91. The first kappa shape index (κ1) is 31.5. The van der Waals surface area contributed by atoms with E-state index in [1.807, 2.05) is 97.1 Å². The number of benzene rings is 4. The van der Waals surface area contributed by atoms with Crippen LogP contribution in [-0.2, 0) is 33.9 Å². The van der Waals surface area contributed by atoms with Gasteiger partial charge in [-0.25, -0.2) is 9.59 Å². The summed E-state index contributed by atoms with van der Waals surface area (Å²) >= 11 is 0. The summed E-state index contributed by atoms with van der Waals surface area (Å²) in [5.41, 5.74) is 4.38. The summed E-state index contributed by atoms with van der Waals surface area (Å²) in [6, 6.07) is 33.0. The summed E-state index contributed by atoms with van der Waals surface area (Å²) < 4.78 is 16.6. The SMILES string of the molecule is O=C(N[C@@H](Cc1ccc(OCc2ccccc2)cc1)C(=O)OCC(=O)c1ccc(C2CCCCC2)cc1)OCc1ccccc1. The second-order valence-corrected chi connectivity index (χ2v) is 11.4. The van der Waals surface area contributed by atoms with Gasteiger partial charge in [0.1, 0.15) is 25.0 Å². The lowest BCUT2D eigenvalue weighted by Gasteiger charge is -2.22. The molecule has 232 valence electrons. The quantitative estimate of drug-likeness (QED) is 0.125. The lowest BCUT2D eigenvalue weighted by molar-refractivity contribution is -0.144. The van der Waals surface area contributed by atoms with Crippen LogP contribution in [0.4, 0.5) is 4.79 Å². The number of hydrogen-bond donors (Lipinski definition) is 1. The Morgan fingerprint density at radius 2 is 1.29 bits per heavy atom. The summed E-state index contributed by atoms with van der Waals surface area (Å²) in [6.07, 6.45) is 5.50. The Bertz CT molecular complexity index is 1510. The number of ether oxygens (including phenoxy) is 3. The zero-order valence-electron chi connectivity index (χ0n) is 25.4. The van der Waals surface area contributed by atoms with Crippen LogP contribution in [0.15, 0.2) is 109 Å². The van der Waals surface area contributed by atoms with Crippen LogP contribution in [0.2, 0.25) is 0 Å². The second kappa shape index (κ2) is 16.2. The number of carbonyl (C=O) groups excluding carboxylic acids is 3. The fraction of sp³-hybridized carbons (Fsp3) is 0.289. The molecule has 0 aliphatic heterocycles. The predicted molar refractivity (Wildman–Crippen MR) is 172 cm³/mol. The first-order chi connectivity index (χ1) is 22.0. The zero-order chi connectivity index (χ0) is 31.3. The molecule has 0 saturated heterocycles. The molecule has 0 unspecified atom stereocenters. The summed E-state index contributed by atoms with van der Waals surface area (Å²) in [5, 5.41) is 2.63. The highest BCUT2D eigenvalue weighted by atomic mass is 16.6. The Labute approximate surface area is 264 Å². The molecular weight excluding hydrogens is 566 g/mol. The van der Waals surface area contributed by atoms with Crippen molar-refractivity contribution in [1.29, 1.82) is 0 Å². The van der Waals surface area contributed by atoms with Gasteiger partial charge in [0, 0.05) is 12.0 Å². The lowest BCUT2D eigenvalue weighted by atomic mass is 9.84. The van der Waals surface area contributed by atoms with Crippen LogP contribution in [0.1, 0.15) is 70.6 Å². The third-order valence-corrected chi connectivity index (χ3v) is 8.06. The Kier molecular flexibility index (Phi) is 11.4. The highest BCUT2D eigenvalue weighted by Gasteiger charge is 2.25. The molecule has 7 nitrogen and oxygen atoms in total. The van der Waals surface area contributed by atoms with Crippen molar-refractivity contribution in [2.24, 2.45) is 0 Å². The van der Waals surface area contributed by atoms with Gasteiger partial charge in [-0.3, -0.25) is 4.79 Å². The highest BCUT2D eigenvalue weighted by molar-refractivity contribution is 5.98. The van der Waals surface area contributed by atoms with Gasteiger partial charge in [0.05, 0.1) is 0 Å². The molecule has 1 aliphatic rings. The molecule has 0 aromatic heterocycles. The van der Waals surface area contributed by atoms with Crippen molar-refractivity contribution in [3.63, 3.8) is 0 Å². The van der Waals surface area contributed by atoms with E-state index in [1.54, 1.807) is 12.1 Å². The van der Waals surface area contributed by atoms with E-state index < -0.39 is 24.7 Å². The molecule has 1 amide bonds. The fourth-order valence-corrected chi connectivity index (χ4v) is 5.50. The molecule has 4 aromatic rings. The zero-order valence-corrected chi connectivity index (χ0v) is 25.4. The van der Waals surface area contributed by atoms with Crippen molar-refractivity contribution in [3.8, 4) is 5.75 Å². The Morgan fingerprint density at radius 1 is 0.667 bits per heavy atom. The predicted octanol–water partition coefficient (Wildman–Crippen LogP) is 7.58. The third-order valence-electron chi connectivity index (χ3n) is 8.06. The monoisotopic (exact) mass is 605 g/mol. The molecule has 0 heterocycles. The number of rotatable bonds is 13. The number of alkyl carbamates (subject to hydrolysis) is 1. The van der Waals surface area contributed by atoms with Gasteiger partial charge in [0.25, 0.3) is 0 Å². The second-order valence-electron chi connectivity index (χ2n) is 11.4. The smallest absolute Gasteiger partial charge is 0.408 e. The largest absolute Gasteiger partial charge is 0.489 e. The van der Waals surface area contributed by atoms with Crippen molar-refractivity contribution >= 4 is 17.8 Å². The van der Waals surface area contributed by atoms with Gasteiger partial charge < -0.3 is 19.5 Å². The summed E-state index contributed by atoms with van der Waals surface area (Å²) in [5.74, 6) is 0.197. The van der Waals surface area contributed by atoms with Crippen LogP contribution in [0.5, 0.6) is 5.75 Å². The average Bonchev–Trinajstić information content (AvgIpc) is 3.10. The molecule has 1 atom stereocenters. The van der Waals surface area contributed by atoms with E-state index in [0.717, 1.165) is 16.7 Å². The summed E-state index contributed by atoms with van der Waals surface area (Å²) in [6.45, 7) is 0.0592. The van der Waals surface area contributed by atoms with Gasteiger partial charge in [-0.15, -0.1) is 0 Å². The molecule has 4 aromatic carbocycles. The van der Waals surface area contributed by atoms with Crippen molar-refractivity contribution < 1.29 is 28.6 Å². The summed E-state index contributed by atoms with van der Waals surface area (Å²) in [7, 11) is 0. The fourth-order valence-electron chi connectivity index (χ4n) is 5.50. The van der Waals surface area contributed by atoms with Crippen molar-refractivity contribution in [3.05, 3.63) is 137 Å². The van der Waals surface area contributed by atoms with E-state index in [9.17, 15) is 14.4 Å². The van der Waals surface area contributed by atoms with Gasteiger partial charge in [-0.2, -0.15) is 0 Å². The molecule has 0 bridgehead atoms. The van der Waals surface area contributed by atoms with Crippen molar-refractivity contribution in [2.75, 3.05) is 6.61 Å². The maximum atomic E-state index is 13.2. The third kappa shape index (κ3) is 9.80. The maximum Gasteiger partial charge on any atom is 0.408 e. The number of amides is 1. The van der Waals surface area contributed by atoms with E-state index >= 15 is 0 Å². The molecule has 45 heavy (non-hydrogen) atoms. The number of nitrogens with one attached hydrogen (secondary N) is 1. The van der Waals surface area contributed by atoms with Gasteiger partial charge in [-0.1, -0.05) is 116 Å². The molecule has 0 radical (unpaired) electrons. The first-order valence-electron chi connectivity index (χ1n) is 15.6. The normalized spacial score (nSPS) is 13.8. The summed E-state index contributed by atoms with van der Waals surface area (Å²) in [4.78, 5) is 38.8. The topological polar surface area (TPSA) is 90.9 Å². The number of Topliss-reactive ketones (excluding diaryl/α,β-unsaturated/α-hetero) is 1. The van der Waals surface area contributed by atoms with Crippen LogP contribution in [-0.4, -0.2) is 30.5 Å². The van der Waals surface area contributed by atoms with Gasteiger partial charge in [0.2, 0.25) is 0 Å². The van der Waals surface area contributed by atoms with Gasteiger partial charge in [0.15, 0.2) is 12.4 Å². The maximum absolute atomic E-state index is 13.2. The van der Waals surface area contributed by atoms with Crippen LogP contribution in [0.3, 0.4) is 0 Å². The minimum atomic E-state index is -1.06. The average molecular weight is 606 g/mol. The Balaban J connectivity index is 1.19. The van der Waals surface area contributed by atoms with E-state index in [0.29, 0.717) is 23.8 Å². The minimum Gasteiger partial charge on any atom is -0.489 e. The van der Waals surface area contributed by atoms with E-state index in [4.69, 9.17) is 14.2 Å².